The number of hydrogen-bond acceptors (Lipinski definition) is 3. The fourth-order valence-corrected chi connectivity index (χ4v) is 3.51. The van der Waals surface area contributed by atoms with Gasteiger partial charge >= 0.3 is 5.97 Å². The van der Waals surface area contributed by atoms with Gasteiger partial charge in [-0.3, -0.25) is 4.79 Å². The van der Waals surface area contributed by atoms with E-state index in [0.717, 1.165) is 12.8 Å². The molecule has 0 aromatic carbocycles. The number of hydrogen-bond donors (Lipinski definition) is 2. The molecule has 0 saturated heterocycles. The molecule has 1 rings (SSSR count). The average Bonchev–Trinajstić information content (AvgIpc) is 2.27. The lowest BCUT2D eigenvalue weighted by molar-refractivity contribution is -0.143. The first-order chi connectivity index (χ1) is 8.25. The van der Waals surface area contributed by atoms with Crippen LogP contribution in [0.1, 0.15) is 39.5 Å². The fourth-order valence-electron chi connectivity index (χ4n) is 2.12. The molecule has 0 spiro atoms. The van der Waals surface area contributed by atoms with Gasteiger partial charge < -0.3 is 5.11 Å². The minimum Gasteiger partial charge on any atom is -0.481 e. The molecule has 7 heteroatoms. The zero-order valence-corrected chi connectivity index (χ0v) is 11.9. The van der Waals surface area contributed by atoms with E-state index in [1.54, 1.807) is 13.8 Å². The zero-order chi connectivity index (χ0) is 13.9. The third-order valence-electron chi connectivity index (χ3n) is 3.49. The highest BCUT2D eigenvalue weighted by atomic mass is 32.2. The van der Waals surface area contributed by atoms with Crippen LogP contribution in [0.25, 0.3) is 0 Å². The van der Waals surface area contributed by atoms with Crippen molar-refractivity contribution in [3.63, 3.8) is 0 Å². The summed E-state index contributed by atoms with van der Waals surface area (Å²) < 4.78 is 27.8. The van der Waals surface area contributed by atoms with Gasteiger partial charge in [-0.05, 0) is 26.7 Å². The Morgan fingerprint density at radius 1 is 1.33 bits per heavy atom. The van der Waals surface area contributed by atoms with Crippen molar-refractivity contribution >= 4 is 16.2 Å². The largest absolute Gasteiger partial charge is 0.481 e. The molecule has 0 aromatic heterocycles. The van der Waals surface area contributed by atoms with Crippen molar-refractivity contribution in [2.75, 3.05) is 7.05 Å². The maximum absolute atomic E-state index is 12.0. The summed E-state index contributed by atoms with van der Waals surface area (Å²) in [4.78, 5) is 11.1. The Morgan fingerprint density at radius 2 is 1.89 bits per heavy atom. The van der Waals surface area contributed by atoms with E-state index in [2.05, 4.69) is 4.72 Å². The van der Waals surface area contributed by atoms with Gasteiger partial charge in [-0.25, -0.2) is 0 Å². The molecular weight excluding hydrogens is 256 g/mol. The van der Waals surface area contributed by atoms with Gasteiger partial charge in [-0.15, -0.1) is 0 Å². The Morgan fingerprint density at radius 3 is 2.39 bits per heavy atom. The quantitative estimate of drug-likeness (QED) is 0.779. The Labute approximate surface area is 109 Å². The monoisotopic (exact) mass is 278 g/mol. The van der Waals surface area contributed by atoms with Crippen molar-refractivity contribution in [3.05, 3.63) is 0 Å². The van der Waals surface area contributed by atoms with Gasteiger partial charge in [0.05, 0.1) is 5.92 Å². The summed E-state index contributed by atoms with van der Waals surface area (Å²) in [5, 5.41) is 9.10. The molecule has 2 unspecified atom stereocenters. The normalized spacial score (nSPS) is 25.6. The van der Waals surface area contributed by atoms with Gasteiger partial charge in [0, 0.05) is 19.1 Å². The fraction of sp³-hybridized carbons (Fsp3) is 0.909. The lowest BCUT2D eigenvalue weighted by Crippen LogP contribution is -2.50. The van der Waals surface area contributed by atoms with E-state index in [4.69, 9.17) is 5.11 Å². The molecule has 0 radical (unpaired) electrons. The molecule has 2 N–H and O–H groups in total. The predicted octanol–water partition coefficient (Wildman–Crippen LogP) is 0.804. The second kappa shape index (κ2) is 5.99. The molecule has 2 atom stereocenters. The van der Waals surface area contributed by atoms with Gasteiger partial charge in [0.1, 0.15) is 0 Å². The van der Waals surface area contributed by atoms with Crippen LogP contribution in [-0.4, -0.2) is 42.9 Å². The van der Waals surface area contributed by atoms with E-state index < -0.39 is 28.1 Å². The Bertz CT molecular complexity index is 394. The van der Waals surface area contributed by atoms with Crippen LogP contribution >= 0.6 is 0 Å². The Hall–Kier alpha value is -0.660. The van der Waals surface area contributed by atoms with Crippen LogP contribution in [0.4, 0.5) is 0 Å². The van der Waals surface area contributed by atoms with Gasteiger partial charge in [0.25, 0.3) is 10.2 Å². The van der Waals surface area contributed by atoms with Crippen LogP contribution < -0.4 is 4.72 Å². The summed E-state index contributed by atoms with van der Waals surface area (Å²) in [5.74, 6) is -1.54. The maximum atomic E-state index is 12.0. The van der Waals surface area contributed by atoms with Crippen LogP contribution in [0.3, 0.4) is 0 Å². The van der Waals surface area contributed by atoms with E-state index in [0.29, 0.717) is 12.8 Å². The number of carboxylic acid groups (broad SMARTS) is 1. The number of rotatable bonds is 5. The molecule has 6 nitrogen and oxygen atoms in total. The molecule has 0 amide bonds. The SMILES string of the molecule is CC(C)N(C)S(=O)(=O)NC1CCCCC1C(=O)O. The summed E-state index contributed by atoms with van der Waals surface area (Å²) in [7, 11) is -2.11. The molecule has 106 valence electrons. The second-order valence-electron chi connectivity index (χ2n) is 5.07. The third-order valence-corrected chi connectivity index (χ3v) is 5.27. The smallest absolute Gasteiger partial charge is 0.308 e. The van der Waals surface area contributed by atoms with Gasteiger partial charge in [-0.2, -0.15) is 17.4 Å². The lowest BCUT2D eigenvalue weighted by Gasteiger charge is -2.31. The minimum absolute atomic E-state index is 0.158. The summed E-state index contributed by atoms with van der Waals surface area (Å²) in [6, 6.07) is -0.656. The molecule has 1 aliphatic carbocycles. The molecule has 0 aromatic rings. The highest BCUT2D eigenvalue weighted by Crippen LogP contribution is 2.25. The number of carboxylic acids is 1. The van der Waals surface area contributed by atoms with Gasteiger partial charge in [0.15, 0.2) is 0 Å². The maximum Gasteiger partial charge on any atom is 0.308 e. The predicted molar refractivity (Wildman–Crippen MR) is 68.3 cm³/mol. The highest BCUT2D eigenvalue weighted by Gasteiger charge is 2.35. The van der Waals surface area contributed by atoms with Crippen molar-refractivity contribution in [1.29, 1.82) is 0 Å². The first-order valence-electron chi connectivity index (χ1n) is 6.24. The average molecular weight is 278 g/mol. The second-order valence-corrected chi connectivity index (χ2v) is 6.83. The van der Waals surface area contributed by atoms with Crippen LogP contribution in [0.15, 0.2) is 0 Å². The van der Waals surface area contributed by atoms with Crippen molar-refractivity contribution in [3.8, 4) is 0 Å². The first kappa shape index (κ1) is 15.4. The van der Waals surface area contributed by atoms with Crippen LogP contribution in [-0.2, 0) is 15.0 Å². The molecular formula is C11H22N2O4S. The summed E-state index contributed by atoms with van der Waals surface area (Å²) in [5.41, 5.74) is 0. The topological polar surface area (TPSA) is 86.7 Å². The minimum atomic E-state index is -3.61. The molecule has 1 aliphatic rings. The Kier molecular flexibility index (Phi) is 5.12. The van der Waals surface area contributed by atoms with E-state index in [1.165, 1.54) is 11.4 Å². The summed E-state index contributed by atoms with van der Waals surface area (Å²) in [6.07, 6.45) is 2.83. The van der Waals surface area contributed by atoms with E-state index in [1.807, 2.05) is 0 Å². The summed E-state index contributed by atoms with van der Waals surface area (Å²) >= 11 is 0. The molecule has 0 aliphatic heterocycles. The lowest BCUT2D eigenvalue weighted by atomic mass is 9.85. The summed E-state index contributed by atoms with van der Waals surface area (Å²) in [6.45, 7) is 3.55. The van der Waals surface area contributed by atoms with Crippen molar-refractivity contribution in [1.82, 2.24) is 9.03 Å². The molecule has 0 heterocycles. The van der Waals surface area contributed by atoms with Crippen LogP contribution in [0.2, 0.25) is 0 Å². The molecule has 1 saturated carbocycles. The van der Waals surface area contributed by atoms with Crippen molar-refractivity contribution in [2.45, 2.75) is 51.6 Å². The number of carbonyl (C=O) groups is 1. The van der Waals surface area contributed by atoms with E-state index in [-0.39, 0.29) is 6.04 Å². The van der Waals surface area contributed by atoms with E-state index >= 15 is 0 Å². The molecule has 1 fully saturated rings. The standard InChI is InChI=1S/C11H22N2O4S/c1-8(2)13(3)18(16,17)12-10-7-5-4-6-9(10)11(14)15/h8-10,12H,4-7H2,1-3H3,(H,14,15). The first-order valence-corrected chi connectivity index (χ1v) is 7.68. The zero-order valence-electron chi connectivity index (χ0n) is 11.1. The number of nitrogens with zero attached hydrogens (tertiary/aromatic N) is 1. The highest BCUT2D eigenvalue weighted by molar-refractivity contribution is 7.87. The van der Waals surface area contributed by atoms with Gasteiger partial charge in [0.2, 0.25) is 0 Å². The molecule has 18 heavy (non-hydrogen) atoms. The van der Waals surface area contributed by atoms with Crippen LogP contribution in [0.5, 0.6) is 0 Å². The Balaban J connectivity index is 2.78. The number of aliphatic carboxylic acids is 1. The molecule has 0 bridgehead atoms. The van der Waals surface area contributed by atoms with E-state index in [9.17, 15) is 13.2 Å². The van der Waals surface area contributed by atoms with Crippen molar-refractivity contribution < 1.29 is 18.3 Å². The number of nitrogens with one attached hydrogen (secondary N) is 1. The third kappa shape index (κ3) is 3.66. The van der Waals surface area contributed by atoms with Gasteiger partial charge in [-0.1, -0.05) is 12.8 Å². The van der Waals surface area contributed by atoms with Crippen molar-refractivity contribution in [2.24, 2.45) is 5.92 Å². The van der Waals surface area contributed by atoms with Crippen LogP contribution in [0, 0.1) is 5.92 Å².